The maximum absolute atomic E-state index is 13.0. The number of carbonyl (C=O) groups excluding carboxylic acids is 2. The number of fused-ring (bicyclic) bond motifs is 1. The molecule has 1 aliphatic heterocycles. The summed E-state index contributed by atoms with van der Waals surface area (Å²) in [5.41, 5.74) is 2.03. The molecule has 29 heavy (non-hydrogen) atoms. The van der Waals surface area contributed by atoms with Gasteiger partial charge in [-0.2, -0.15) is 0 Å². The van der Waals surface area contributed by atoms with Gasteiger partial charge in [0.1, 0.15) is 18.1 Å². The molecule has 3 aromatic rings. The predicted molar refractivity (Wildman–Crippen MR) is 109 cm³/mol. The van der Waals surface area contributed by atoms with E-state index in [1.165, 1.54) is 4.90 Å². The molecule has 2 heterocycles. The lowest BCUT2D eigenvalue weighted by atomic mass is 10.1. The van der Waals surface area contributed by atoms with Crippen LogP contribution in [0, 0.1) is 0 Å². The summed E-state index contributed by atoms with van der Waals surface area (Å²) < 4.78 is 7.45. The highest BCUT2D eigenvalue weighted by Crippen LogP contribution is 2.35. The molecule has 8 nitrogen and oxygen atoms in total. The number of hydrogen-bond donors (Lipinski definition) is 1. The van der Waals surface area contributed by atoms with E-state index in [1.807, 2.05) is 37.4 Å². The number of anilines is 2. The van der Waals surface area contributed by atoms with E-state index in [2.05, 4.69) is 15.5 Å². The summed E-state index contributed by atoms with van der Waals surface area (Å²) in [6.45, 7) is 3.38. The van der Waals surface area contributed by atoms with Crippen molar-refractivity contribution in [3.05, 3.63) is 54.9 Å². The van der Waals surface area contributed by atoms with E-state index < -0.39 is 12.1 Å². The van der Waals surface area contributed by atoms with Crippen LogP contribution in [0.5, 0.6) is 5.75 Å². The van der Waals surface area contributed by atoms with Crippen LogP contribution < -0.4 is 15.0 Å². The largest absolute Gasteiger partial charge is 0.479 e. The molecule has 148 valence electrons. The first-order valence-electron chi connectivity index (χ1n) is 9.30. The number of ether oxygens (including phenoxy) is 1. The normalized spacial score (nSPS) is 16.7. The number of para-hydroxylation sites is 2. The number of aryl methyl sites for hydroxylation is 1. The van der Waals surface area contributed by atoms with Crippen LogP contribution in [-0.2, 0) is 16.6 Å². The molecule has 0 unspecified atom stereocenters. The first-order chi connectivity index (χ1) is 14.0. The molecule has 2 aromatic carbocycles. The highest BCUT2D eigenvalue weighted by molar-refractivity contribution is 6.08. The molecule has 0 aliphatic carbocycles. The monoisotopic (exact) mass is 391 g/mol. The van der Waals surface area contributed by atoms with Gasteiger partial charge in [-0.05, 0) is 38.1 Å². The molecule has 0 saturated carbocycles. The lowest BCUT2D eigenvalue weighted by Gasteiger charge is -2.36. The van der Waals surface area contributed by atoms with Crippen LogP contribution in [0.15, 0.2) is 54.9 Å². The summed E-state index contributed by atoms with van der Waals surface area (Å²) in [5.74, 6) is 0.736. The number of amides is 2. The minimum absolute atomic E-state index is 0.251. The van der Waals surface area contributed by atoms with E-state index in [1.54, 1.807) is 42.9 Å². The van der Waals surface area contributed by atoms with Crippen LogP contribution in [0.3, 0.4) is 0 Å². The number of benzene rings is 2. The fraction of sp³-hybridized carbons (Fsp3) is 0.238. The quantitative estimate of drug-likeness (QED) is 0.738. The Balaban J connectivity index is 1.58. The summed E-state index contributed by atoms with van der Waals surface area (Å²) in [5, 5.41) is 10.9. The Morgan fingerprint density at radius 1 is 1.21 bits per heavy atom. The van der Waals surface area contributed by atoms with Gasteiger partial charge in [0.25, 0.3) is 5.91 Å². The lowest BCUT2D eigenvalue weighted by molar-refractivity contribution is -0.128. The van der Waals surface area contributed by atoms with Gasteiger partial charge in [-0.15, -0.1) is 10.2 Å². The smallest absolute Gasteiger partial charge is 0.268 e. The minimum Gasteiger partial charge on any atom is -0.479 e. The molecule has 4 rings (SSSR count). The van der Waals surface area contributed by atoms with Crippen LogP contribution >= 0.6 is 0 Å². The van der Waals surface area contributed by atoms with Gasteiger partial charge in [0.2, 0.25) is 5.91 Å². The van der Waals surface area contributed by atoms with Crippen LogP contribution in [0.25, 0.3) is 11.4 Å². The zero-order chi connectivity index (χ0) is 20.5. The molecule has 0 bridgehead atoms. The van der Waals surface area contributed by atoms with E-state index >= 15 is 0 Å². The molecule has 0 saturated heterocycles. The first kappa shape index (κ1) is 18.7. The summed E-state index contributed by atoms with van der Waals surface area (Å²) in [6, 6.07) is 13.9. The van der Waals surface area contributed by atoms with Crippen molar-refractivity contribution in [3.8, 4) is 17.1 Å². The summed E-state index contributed by atoms with van der Waals surface area (Å²) in [6.07, 6.45) is 0.963. The summed E-state index contributed by atoms with van der Waals surface area (Å²) in [4.78, 5) is 27.2. The van der Waals surface area contributed by atoms with Gasteiger partial charge in [-0.1, -0.05) is 24.3 Å². The molecule has 2 amide bonds. The van der Waals surface area contributed by atoms with Gasteiger partial charge in [-0.3, -0.25) is 14.5 Å². The average Bonchev–Trinajstić information content (AvgIpc) is 3.14. The summed E-state index contributed by atoms with van der Waals surface area (Å²) in [7, 11) is 1.85. The Hall–Kier alpha value is -3.68. The standard InChI is InChI=1S/C21H21N5O3/c1-13(26-17-9-4-5-10-18(17)29-14(2)21(26)28)20(27)23-16-8-6-7-15(11-16)19-24-22-12-25(19)3/h4-14H,1-3H3,(H,23,27)/t13-,14+/m0/s1. The van der Waals surface area contributed by atoms with Crippen molar-refractivity contribution in [1.29, 1.82) is 0 Å². The highest BCUT2D eigenvalue weighted by atomic mass is 16.5. The van der Waals surface area contributed by atoms with Crippen molar-refractivity contribution < 1.29 is 14.3 Å². The van der Waals surface area contributed by atoms with Crippen LogP contribution in [0.1, 0.15) is 13.8 Å². The average molecular weight is 391 g/mol. The molecule has 0 radical (unpaired) electrons. The second-order valence-electron chi connectivity index (χ2n) is 6.95. The molecule has 8 heteroatoms. The zero-order valence-electron chi connectivity index (χ0n) is 16.4. The Bertz CT molecular complexity index is 1080. The van der Waals surface area contributed by atoms with Gasteiger partial charge < -0.3 is 14.6 Å². The number of aromatic nitrogens is 3. The van der Waals surface area contributed by atoms with E-state index in [-0.39, 0.29) is 11.8 Å². The summed E-state index contributed by atoms with van der Waals surface area (Å²) >= 11 is 0. The third-order valence-corrected chi connectivity index (χ3v) is 4.88. The molecule has 2 atom stereocenters. The zero-order valence-corrected chi connectivity index (χ0v) is 16.4. The number of carbonyl (C=O) groups is 2. The van der Waals surface area contributed by atoms with Gasteiger partial charge in [0, 0.05) is 18.3 Å². The SMILES string of the molecule is C[C@H]1Oc2ccccc2N([C@@H](C)C(=O)Nc2cccc(-c3nncn3C)c2)C1=O. The molecular weight excluding hydrogens is 370 g/mol. The Morgan fingerprint density at radius 2 is 2.00 bits per heavy atom. The van der Waals surface area contributed by atoms with E-state index in [0.29, 0.717) is 22.9 Å². The molecule has 1 N–H and O–H groups in total. The number of nitrogens with zero attached hydrogens (tertiary/aromatic N) is 4. The van der Waals surface area contributed by atoms with Crippen molar-refractivity contribution in [2.45, 2.75) is 26.0 Å². The Morgan fingerprint density at radius 3 is 2.76 bits per heavy atom. The van der Waals surface area contributed by atoms with Crippen molar-refractivity contribution >= 4 is 23.2 Å². The van der Waals surface area contributed by atoms with Crippen LogP contribution in [-0.4, -0.2) is 38.7 Å². The fourth-order valence-corrected chi connectivity index (χ4v) is 3.36. The predicted octanol–water partition coefficient (Wildman–Crippen LogP) is 2.62. The molecule has 1 aliphatic rings. The molecule has 0 fully saturated rings. The highest BCUT2D eigenvalue weighted by Gasteiger charge is 2.37. The number of hydrogen-bond acceptors (Lipinski definition) is 5. The minimum atomic E-state index is -0.714. The lowest BCUT2D eigenvalue weighted by Crippen LogP contribution is -2.52. The third kappa shape index (κ3) is 3.44. The van der Waals surface area contributed by atoms with Crippen LogP contribution in [0.2, 0.25) is 0 Å². The van der Waals surface area contributed by atoms with Crippen LogP contribution in [0.4, 0.5) is 11.4 Å². The van der Waals surface area contributed by atoms with Gasteiger partial charge in [0.15, 0.2) is 11.9 Å². The first-order valence-corrected chi connectivity index (χ1v) is 9.30. The van der Waals surface area contributed by atoms with Crippen molar-refractivity contribution in [1.82, 2.24) is 14.8 Å². The second kappa shape index (κ2) is 7.38. The Kier molecular flexibility index (Phi) is 4.75. The third-order valence-electron chi connectivity index (χ3n) is 4.88. The maximum atomic E-state index is 13.0. The van der Waals surface area contributed by atoms with Crippen molar-refractivity contribution in [2.24, 2.45) is 7.05 Å². The number of rotatable bonds is 4. The van der Waals surface area contributed by atoms with Crippen molar-refractivity contribution in [2.75, 3.05) is 10.2 Å². The van der Waals surface area contributed by atoms with Gasteiger partial charge >= 0.3 is 0 Å². The molecular formula is C21H21N5O3. The fourth-order valence-electron chi connectivity index (χ4n) is 3.36. The van der Waals surface area contributed by atoms with Gasteiger partial charge in [0.05, 0.1) is 5.69 Å². The van der Waals surface area contributed by atoms with E-state index in [9.17, 15) is 9.59 Å². The Labute approximate surface area is 168 Å². The molecule has 0 spiro atoms. The molecule has 1 aromatic heterocycles. The number of nitrogens with one attached hydrogen (secondary N) is 1. The van der Waals surface area contributed by atoms with E-state index in [4.69, 9.17) is 4.74 Å². The van der Waals surface area contributed by atoms with Crippen molar-refractivity contribution in [3.63, 3.8) is 0 Å². The maximum Gasteiger partial charge on any atom is 0.268 e. The topological polar surface area (TPSA) is 89.3 Å². The van der Waals surface area contributed by atoms with Gasteiger partial charge in [-0.25, -0.2) is 0 Å². The second-order valence-corrected chi connectivity index (χ2v) is 6.95. The van der Waals surface area contributed by atoms with E-state index in [0.717, 1.165) is 5.56 Å².